The maximum Gasteiger partial charge on any atom is 2.00 e. The molecule has 284 valence electrons. The van der Waals surface area contributed by atoms with Crippen LogP contribution in [0.15, 0.2) is 162 Å². The number of nitrogens with zero attached hydrogens (tertiary/aromatic N) is 5. The van der Waals surface area contributed by atoms with E-state index in [2.05, 4.69) is 157 Å². The molecule has 0 spiro atoms. The number of para-hydroxylation sites is 4. The number of hydrogen-bond acceptors (Lipinski definition) is 3. The van der Waals surface area contributed by atoms with Gasteiger partial charge in [-0.15, -0.1) is 34.8 Å². The third-order valence-electron chi connectivity index (χ3n) is 11.7. The number of aromatic nitrogens is 5. The molecule has 7 heteroatoms. The van der Waals surface area contributed by atoms with Crippen LogP contribution in [0.25, 0.3) is 111 Å². The first-order chi connectivity index (χ1) is 28.4. The third-order valence-corrected chi connectivity index (χ3v) is 11.7. The summed E-state index contributed by atoms with van der Waals surface area (Å²) in [7, 11) is 0. The van der Waals surface area contributed by atoms with Crippen LogP contribution in [0.4, 0.5) is 0 Å². The molecule has 0 bridgehead atoms. The number of imidazole rings is 1. The monoisotopic (exact) mass is 940 g/mol. The molecule has 7 aromatic carbocycles. The number of pyridine rings is 1. The van der Waals surface area contributed by atoms with Gasteiger partial charge >= 0.3 is 21.1 Å². The van der Waals surface area contributed by atoms with Crippen LogP contribution in [0.5, 0.6) is 0 Å². The zero-order chi connectivity index (χ0) is 38.7. The summed E-state index contributed by atoms with van der Waals surface area (Å²) >= 11 is 0. The molecule has 59 heavy (non-hydrogen) atoms. The average molecular weight is 941 g/mol. The first-order valence-corrected chi connectivity index (χ1v) is 19.7. The number of fused-ring (bicyclic) bond motifs is 10. The molecule has 5 heterocycles. The van der Waals surface area contributed by atoms with Gasteiger partial charge in [-0.05, 0) is 81.2 Å². The van der Waals surface area contributed by atoms with Gasteiger partial charge in [0.15, 0.2) is 0 Å². The summed E-state index contributed by atoms with van der Waals surface area (Å²) < 4.78 is 10.8. The molecule has 0 aliphatic carbocycles. The van der Waals surface area contributed by atoms with Crippen molar-refractivity contribution in [3.05, 3.63) is 169 Å². The molecule has 0 unspecified atom stereocenters. The van der Waals surface area contributed by atoms with Crippen molar-refractivity contribution in [3.8, 4) is 34.0 Å². The zero-order valence-electron chi connectivity index (χ0n) is 32.5. The van der Waals surface area contributed by atoms with Gasteiger partial charge in [-0.2, -0.15) is 0 Å². The van der Waals surface area contributed by atoms with Crippen LogP contribution < -0.4 is 4.98 Å². The Morgan fingerprint density at radius 2 is 1.37 bits per heavy atom. The molecule has 0 aliphatic heterocycles. The number of hydrogen-bond donors (Lipinski definition) is 0. The maximum atomic E-state index is 6.27. The smallest absolute Gasteiger partial charge is 0.656 e. The van der Waals surface area contributed by atoms with Gasteiger partial charge < -0.3 is 14.0 Å². The predicted octanol–water partition coefficient (Wildman–Crippen LogP) is 13.1. The van der Waals surface area contributed by atoms with E-state index in [1.807, 2.05) is 36.5 Å². The fraction of sp³-hybridized carbons (Fsp3) is 0.0769. The van der Waals surface area contributed by atoms with Crippen molar-refractivity contribution in [1.82, 2.24) is 24.1 Å². The van der Waals surface area contributed by atoms with Crippen molar-refractivity contribution >= 4 is 76.6 Å². The minimum Gasteiger partial charge on any atom is -0.656 e. The Morgan fingerprint density at radius 3 is 2.24 bits per heavy atom. The topological polar surface area (TPSA) is 62.9 Å². The predicted molar refractivity (Wildman–Crippen MR) is 237 cm³/mol. The summed E-state index contributed by atoms with van der Waals surface area (Å²) in [5.74, 6) is 1.68. The molecular formula is C52H35N5OPt. The van der Waals surface area contributed by atoms with Crippen LogP contribution >= 0.6 is 0 Å². The van der Waals surface area contributed by atoms with E-state index in [9.17, 15) is 0 Å². The molecule has 5 aromatic heterocycles. The van der Waals surface area contributed by atoms with E-state index in [0.29, 0.717) is 0 Å². The van der Waals surface area contributed by atoms with E-state index in [0.717, 1.165) is 105 Å². The Hall–Kier alpha value is -6.75. The van der Waals surface area contributed by atoms with Crippen molar-refractivity contribution in [3.63, 3.8) is 0 Å². The summed E-state index contributed by atoms with van der Waals surface area (Å²) in [5, 5.41) is 6.70. The summed E-state index contributed by atoms with van der Waals surface area (Å²) in [6.45, 7) is 6.78. The summed E-state index contributed by atoms with van der Waals surface area (Å²) in [5.41, 5.74) is 12.8. The third kappa shape index (κ3) is 5.36. The Morgan fingerprint density at radius 1 is 0.593 bits per heavy atom. The van der Waals surface area contributed by atoms with Gasteiger partial charge in [0.1, 0.15) is 22.8 Å². The normalized spacial score (nSPS) is 12.2. The van der Waals surface area contributed by atoms with Crippen LogP contribution in [0.1, 0.15) is 26.3 Å². The Bertz CT molecular complexity index is 3620. The van der Waals surface area contributed by atoms with Crippen molar-refractivity contribution in [1.29, 1.82) is 0 Å². The molecule has 0 atom stereocenters. The van der Waals surface area contributed by atoms with E-state index in [-0.39, 0.29) is 26.5 Å². The van der Waals surface area contributed by atoms with Crippen LogP contribution in [0.3, 0.4) is 0 Å². The van der Waals surface area contributed by atoms with Gasteiger partial charge in [0.2, 0.25) is 0 Å². The van der Waals surface area contributed by atoms with Crippen molar-refractivity contribution in [2.45, 2.75) is 26.2 Å². The quantitative estimate of drug-likeness (QED) is 0.165. The largest absolute Gasteiger partial charge is 2.00 e. The van der Waals surface area contributed by atoms with Crippen molar-refractivity contribution < 1.29 is 25.5 Å². The second kappa shape index (κ2) is 13.1. The SMILES string of the molecule is CC(C)(C)c1ccc2c(c1)c1ccc(-c3cccc4c3nc(-c3cccc5c3[n-]c3ccccc35)n4-c3ccc4oc5ccccc5c4c3)[c-]c1n2-c1ccccn1.[Pt+2]. The summed E-state index contributed by atoms with van der Waals surface area (Å²) in [6.07, 6.45) is 1.85. The first kappa shape index (κ1) is 35.4. The van der Waals surface area contributed by atoms with Crippen molar-refractivity contribution in [2.24, 2.45) is 0 Å². The molecule has 0 N–H and O–H groups in total. The molecule has 6 nitrogen and oxygen atoms in total. The maximum absolute atomic E-state index is 6.27. The Balaban J connectivity index is 0.00000397. The van der Waals surface area contributed by atoms with E-state index in [1.165, 1.54) is 10.9 Å². The van der Waals surface area contributed by atoms with Gasteiger partial charge in [0.25, 0.3) is 0 Å². The first-order valence-electron chi connectivity index (χ1n) is 19.7. The molecule has 0 fully saturated rings. The standard InChI is InChI=1S/C52H35N5O.Pt/c1-52(2,3)32-22-25-43-40(29-32)36-24-21-31(28-45(36)57(43)48-20-8-9-27-53-48)34-14-11-18-44-50(34)55-51(39-16-10-15-38-35-12-4-6-17-42(35)54-49(38)39)56(44)33-23-26-47-41(30-33)37-13-5-7-19-46(37)58-47;/h4-27,29-30H,1-3H3;/q-2;+2. The van der Waals surface area contributed by atoms with Gasteiger partial charge in [-0.3, -0.25) is 4.57 Å². The molecule has 12 rings (SSSR count). The van der Waals surface area contributed by atoms with Crippen LogP contribution in [0.2, 0.25) is 0 Å². The molecule has 0 saturated carbocycles. The minimum atomic E-state index is 0. The summed E-state index contributed by atoms with van der Waals surface area (Å²) in [4.78, 5) is 15.6. The average Bonchev–Trinajstić information content (AvgIpc) is 4.02. The molecule has 0 aliphatic rings. The molecule has 12 aromatic rings. The zero-order valence-corrected chi connectivity index (χ0v) is 34.7. The second-order valence-electron chi connectivity index (χ2n) is 16.2. The van der Waals surface area contributed by atoms with E-state index in [4.69, 9.17) is 19.4 Å². The molecule has 0 amide bonds. The van der Waals surface area contributed by atoms with Gasteiger partial charge in [-0.25, -0.2) is 9.97 Å². The molecular weight excluding hydrogens is 906 g/mol. The van der Waals surface area contributed by atoms with Gasteiger partial charge in [-0.1, -0.05) is 123 Å². The van der Waals surface area contributed by atoms with Gasteiger partial charge in [0, 0.05) is 33.7 Å². The van der Waals surface area contributed by atoms with Crippen LogP contribution in [0, 0.1) is 6.07 Å². The fourth-order valence-corrected chi connectivity index (χ4v) is 8.88. The Kier molecular flexibility index (Phi) is 7.88. The van der Waals surface area contributed by atoms with Crippen LogP contribution in [-0.4, -0.2) is 19.1 Å². The Labute approximate surface area is 354 Å². The van der Waals surface area contributed by atoms with E-state index >= 15 is 0 Å². The second-order valence-corrected chi connectivity index (χ2v) is 16.2. The van der Waals surface area contributed by atoms with E-state index in [1.54, 1.807) is 0 Å². The molecule has 0 radical (unpaired) electrons. The van der Waals surface area contributed by atoms with Crippen molar-refractivity contribution in [2.75, 3.05) is 0 Å². The van der Waals surface area contributed by atoms with E-state index < -0.39 is 0 Å². The number of furan rings is 1. The number of benzene rings is 7. The number of rotatable bonds is 4. The minimum absolute atomic E-state index is 0. The summed E-state index contributed by atoms with van der Waals surface area (Å²) in [6, 6.07) is 57.1. The van der Waals surface area contributed by atoms with Crippen LogP contribution in [-0.2, 0) is 26.5 Å². The fourth-order valence-electron chi connectivity index (χ4n) is 8.88. The molecule has 0 saturated heterocycles. The van der Waals surface area contributed by atoms with Gasteiger partial charge in [0.05, 0.1) is 11.0 Å².